The number of halogens is 1. The highest BCUT2D eigenvalue weighted by molar-refractivity contribution is 7.91. The number of sulfonamides is 1. The van der Waals surface area contributed by atoms with Gasteiger partial charge in [-0.1, -0.05) is 11.6 Å². The number of rotatable bonds is 3. The second-order valence-electron chi connectivity index (χ2n) is 3.65. The Bertz CT molecular complexity index is 463. The second-order valence-corrected chi connectivity index (χ2v) is 7.24. The lowest BCUT2D eigenvalue weighted by atomic mass is 10.4. The Morgan fingerprint density at radius 1 is 1.67 bits per heavy atom. The number of thiophene rings is 1. The predicted octanol–water partition coefficient (Wildman–Crippen LogP) is 1.09. The summed E-state index contributed by atoms with van der Waals surface area (Å²) in [5.41, 5.74) is 6.32. The average Bonchev–Trinajstić information content (AvgIpc) is 2.66. The van der Waals surface area contributed by atoms with Gasteiger partial charge >= 0.3 is 0 Å². The van der Waals surface area contributed by atoms with Gasteiger partial charge in [0.2, 0.25) is 10.0 Å². The summed E-state index contributed by atoms with van der Waals surface area (Å²) < 4.78 is 26.9. The fourth-order valence-corrected chi connectivity index (χ4v) is 4.20. The summed E-state index contributed by atoms with van der Waals surface area (Å²) in [4.78, 5) is 0. The van der Waals surface area contributed by atoms with Crippen LogP contribution >= 0.6 is 22.9 Å². The molecule has 84 valence electrons. The Morgan fingerprint density at radius 3 is 2.67 bits per heavy atom. The van der Waals surface area contributed by atoms with Crippen LogP contribution in [-0.4, -0.2) is 20.5 Å². The maximum Gasteiger partial charge on any atom is 0.250 e. The molecule has 1 aromatic rings. The number of nitrogens with two attached hydrogens (primary N) is 1. The molecule has 1 aliphatic rings. The van der Waals surface area contributed by atoms with Crippen LogP contribution in [0.1, 0.15) is 12.0 Å². The quantitative estimate of drug-likeness (QED) is 0.860. The van der Waals surface area contributed by atoms with Gasteiger partial charge in [-0.05, 0) is 25.0 Å². The molecule has 7 heteroatoms. The van der Waals surface area contributed by atoms with Gasteiger partial charge in [0.25, 0.3) is 0 Å². The van der Waals surface area contributed by atoms with E-state index in [2.05, 4.69) is 4.72 Å². The van der Waals surface area contributed by atoms with Crippen molar-refractivity contribution in [1.82, 2.24) is 4.72 Å². The van der Waals surface area contributed by atoms with Crippen LogP contribution in [0.5, 0.6) is 0 Å². The van der Waals surface area contributed by atoms with Crippen molar-refractivity contribution in [3.05, 3.63) is 16.0 Å². The fourth-order valence-electron chi connectivity index (χ4n) is 1.17. The summed E-state index contributed by atoms with van der Waals surface area (Å²) in [5.74, 6) is 0. The molecule has 2 atom stereocenters. The van der Waals surface area contributed by atoms with E-state index in [1.165, 1.54) is 0 Å². The molecule has 4 nitrogen and oxygen atoms in total. The average molecular weight is 267 g/mol. The lowest BCUT2D eigenvalue weighted by Crippen LogP contribution is -2.29. The van der Waals surface area contributed by atoms with Crippen LogP contribution in [0.3, 0.4) is 0 Å². The van der Waals surface area contributed by atoms with E-state index in [1.54, 1.807) is 13.0 Å². The molecule has 0 aliphatic heterocycles. The van der Waals surface area contributed by atoms with Crippen LogP contribution in [-0.2, 0) is 10.0 Å². The Labute approximate surface area is 97.5 Å². The standard InChI is InChI=1S/C8H11ClN2O2S2/c1-4-2-7(14-8(4)9)15(12,13)11-6-3-5(6)10/h2,5-6,11H,3,10H2,1H3. The van der Waals surface area contributed by atoms with Crippen LogP contribution in [0.4, 0.5) is 0 Å². The lowest BCUT2D eigenvalue weighted by Gasteiger charge is -2.01. The molecule has 1 saturated carbocycles. The molecule has 0 amide bonds. The molecule has 0 saturated heterocycles. The lowest BCUT2D eigenvalue weighted by molar-refractivity contribution is 0.582. The minimum absolute atomic E-state index is 0.0451. The molecule has 1 aromatic heterocycles. The highest BCUT2D eigenvalue weighted by atomic mass is 35.5. The first kappa shape index (κ1) is 11.3. The molecule has 1 heterocycles. The van der Waals surface area contributed by atoms with Gasteiger partial charge in [-0.2, -0.15) is 0 Å². The zero-order valence-electron chi connectivity index (χ0n) is 8.03. The van der Waals surface area contributed by atoms with Gasteiger partial charge in [0.05, 0.1) is 4.34 Å². The fraction of sp³-hybridized carbons (Fsp3) is 0.500. The van der Waals surface area contributed by atoms with Crippen LogP contribution in [0.25, 0.3) is 0 Å². The predicted molar refractivity (Wildman–Crippen MR) is 60.8 cm³/mol. The number of nitrogens with one attached hydrogen (secondary N) is 1. The summed E-state index contributed by atoms with van der Waals surface area (Å²) in [6.07, 6.45) is 0.706. The largest absolute Gasteiger partial charge is 0.326 e. The minimum Gasteiger partial charge on any atom is -0.326 e. The highest BCUT2D eigenvalue weighted by Gasteiger charge is 2.37. The van der Waals surface area contributed by atoms with Crippen molar-refractivity contribution in [3.63, 3.8) is 0 Å². The van der Waals surface area contributed by atoms with Crippen molar-refractivity contribution in [2.45, 2.75) is 29.6 Å². The summed E-state index contributed by atoms with van der Waals surface area (Å²) in [6.45, 7) is 1.78. The third-order valence-corrected chi connectivity index (χ3v) is 5.76. The minimum atomic E-state index is -3.43. The Hall–Kier alpha value is -0.140. The molecule has 2 rings (SSSR count). The molecular weight excluding hydrogens is 256 g/mol. The van der Waals surface area contributed by atoms with E-state index < -0.39 is 10.0 Å². The van der Waals surface area contributed by atoms with Crippen molar-refractivity contribution in [1.29, 1.82) is 0 Å². The van der Waals surface area contributed by atoms with Crippen molar-refractivity contribution >= 4 is 33.0 Å². The Kier molecular flexibility index (Phi) is 2.81. The number of hydrogen-bond donors (Lipinski definition) is 2. The highest BCUT2D eigenvalue weighted by Crippen LogP contribution is 2.31. The maximum atomic E-state index is 11.8. The maximum absolute atomic E-state index is 11.8. The summed E-state index contributed by atoms with van der Waals surface area (Å²) >= 11 is 6.88. The van der Waals surface area contributed by atoms with Crippen LogP contribution in [0.2, 0.25) is 4.34 Å². The normalized spacial score (nSPS) is 25.5. The smallest absolute Gasteiger partial charge is 0.250 e. The molecule has 0 radical (unpaired) electrons. The van der Waals surface area contributed by atoms with Crippen LogP contribution in [0.15, 0.2) is 10.3 Å². The molecule has 0 aromatic carbocycles. The third-order valence-electron chi connectivity index (χ3n) is 2.25. The molecule has 0 bridgehead atoms. The van der Waals surface area contributed by atoms with Crippen LogP contribution in [0, 0.1) is 6.92 Å². The van der Waals surface area contributed by atoms with Gasteiger partial charge in [0, 0.05) is 12.1 Å². The first-order valence-corrected chi connectivity index (χ1v) is 7.12. The molecule has 1 fully saturated rings. The molecule has 2 unspecified atom stereocenters. The van der Waals surface area contributed by atoms with Crippen molar-refractivity contribution in [3.8, 4) is 0 Å². The third kappa shape index (κ3) is 2.34. The monoisotopic (exact) mass is 266 g/mol. The SMILES string of the molecule is Cc1cc(S(=O)(=O)NC2CC2N)sc1Cl. The number of hydrogen-bond acceptors (Lipinski definition) is 4. The van der Waals surface area contributed by atoms with Gasteiger partial charge in [-0.3, -0.25) is 0 Å². The van der Waals surface area contributed by atoms with Crippen LogP contribution < -0.4 is 10.5 Å². The van der Waals surface area contributed by atoms with Gasteiger partial charge < -0.3 is 5.73 Å². The van der Waals surface area contributed by atoms with E-state index in [0.29, 0.717) is 10.8 Å². The summed E-state index contributed by atoms with van der Waals surface area (Å²) in [5, 5.41) is 0. The first-order valence-electron chi connectivity index (χ1n) is 4.44. The van der Waals surface area contributed by atoms with E-state index in [1.807, 2.05) is 0 Å². The van der Waals surface area contributed by atoms with Gasteiger partial charge in [-0.15, -0.1) is 11.3 Å². The van der Waals surface area contributed by atoms with Crippen molar-refractivity contribution in [2.24, 2.45) is 5.73 Å². The summed E-state index contributed by atoms with van der Waals surface area (Å²) in [7, 11) is -3.43. The molecular formula is C8H11ClN2O2S2. The van der Waals surface area contributed by atoms with E-state index in [0.717, 1.165) is 16.9 Å². The van der Waals surface area contributed by atoms with E-state index in [-0.39, 0.29) is 16.3 Å². The molecule has 1 aliphatic carbocycles. The number of aryl methyl sites for hydroxylation is 1. The zero-order valence-corrected chi connectivity index (χ0v) is 10.4. The van der Waals surface area contributed by atoms with Gasteiger partial charge in [0.1, 0.15) is 4.21 Å². The molecule has 3 N–H and O–H groups in total. The first-order chi connectivity index (χ1) is 6.90. The van der Waals surface area contributed by atoms with E-state index in [4.69, 9.17) is 17.3 Å². The van der Waals surface area contributed by atoms with E-state index >= 15 is 0 Å². The topological polar surface area (TPSA) is 72.2 Å². The van der Waals surface area contributed by atoms with Gasteiger partial charge in [0.15, 0.2) is 0 Å². The Balaban J connectivity index is 2.21. The van der Waals surface area contributed by atoms with E-state index in [9.17, 15) is 8.42 Å². The molecule has 15 heavy (non-hydrogen) atoms. The summed E-state index contributed by atoms with van der Waals surface area (Å²) in [6, 6.07) is 1.41. The van der Waals surface area contributed by atoms with Crippen molar-refractivity contribution in [2.75, 3.05) is 0 Å². The zero-order chi connectivity index (χ0) is 11.2. The second kappa shape index (κ2) is 3.71. The van der Waals surface area contributed by atoms with Crippen molar-refractivity contribution < 1.29 is 8.42 Å². The Morgan fingerprint density at radius 2 is 2.27 bits per heavy atom. The van der Waals surface area contributed by atoms with Gasteiger partial charge in [-0.25, -0.2) is 13.1 Å². The molecule has 0 spiro atoms.